The number of carbonyl (C=O) groups excluding carboxylic acids is 1. The van der Waals surface area contributed by atoms with E-state index in [1.54, 1.807) is 0 Å². The predicted octanol–water partition coefficient (Wildman–Crippen LogP) is -1.74. The molecule has 1 aliphatic heterocycles. The molecule has 1 heterocycles. The van der Waals surface area contributed by atoms with Crippen LogP contribution in [0, 0.1) is 0 Å². The van der Waals surface area contributed by atoms with E-state index < -0.39 is 21.5 Å². The molecule has 0 aromatic carbocycles. The number of hydrogen-bond donors (Lipinski definition) is 2. The van der Waals surface area contributed by atoms with E-state index in [0.717, 1.165) is 6.26 Å². The normalized spacial score (nSPS) is 23.3. The average Bonchev–Trinajstić information content (AvgIpc) is 2.03. The Balaban J connectivity index is 2.68. The molecule has 1 saturated heterocycles. The zero-order valence-electron chi connectivity index (χ0n) is 7.93. The fourth-order valence-corrected chi connectivity index (χ4v) is 2.28. The fraction of sp³-hybridized carbons (Fsp3) is 0.857. The first kappa shape index (κ1) is 11.4. The van der Waals surface area contributed by atoms with Gasteiger partial charge in [-0.25, -0.2) is 12.7 Å². The molecular weight excluding hydrogens is 208 g/mol. The van der Waals surface area contributed by atoms with Gasteiger partial charge in [0, 0.05) is 13.1 Å². The summed E-state index contributed by atoms with van der Waals surface area (Å²) in [6, 6.07) is 0. The summed E-state index contributed by atoms with van der Waals surface area (Å²) in [5, 5.41) is 9.64. The topological polar surface area (TPSA) is 101 Å². The van der Waals surface area contributed by atoms with Crippen molar-refractivity contribution >= 4 is 15.9 Å². The largest absolute Gasteiger partial charge is 0.380 e. The molecule has 6 nitrogen and oxygen atoms in total. The van der Waals surface area contributed by atoms with Gasteiger partial charge in [0.1, 0.15) is 5.60 Å². The third-order valence-corrected chi connectivity index (χ3v) is 3.78. The van der Waals surface area contributed by atoms with Crippen LogP contribution in [0.3, 0.4) is 0 Å². The van der Waals surface area contributed by atoms with Crippen LogP contribution in [0.15, 0.2) is 0 Å². The number of carbonyl (C=O) groups is 1. The maximum atomic E-state index is 11.1. The molecule has 3 N–H and O–H groups in total. The van der Waals surface area contributed by atoms with E-state index in [9.17, 15) is 18.3 Å². The third-order valence-electron chi connectivity index (χ3n) is 2.48. The van der Waals surface area contributed by atoms with Gasteiger partial charge in [0.15, 0.2) is 0 Å². The van der Waals surface area contributed by atoms with Crippen molar-refractivity contribution in [3.63, 3.8) is 0 Å². The summed E-state index contributed by atoms with van der Waals surface area (Å²) in [5.74, 6) is -0.786. The van der Waals surface area contributed by atoms with Crippen molar-refractivity contribution in [1.82, 2.24) is 4.31 Å². The summed E-state index contributed by atoms with van der Waals surface area (Å²) in [6.45, 7) is 0.274. The van der Waals surface area contributed by atoms with Gasteiger partial charge in [-0.3, -0.25) is 4.79 Å². The van der Waals surface area contributed by atoms with Crippen LogP contribution in [0.25, 0.3) is 0 Å². The van der Waals surface area contributed by atoms with Crippen molar-refractivity contribution in [3.8, 4) is 0 Å². The summed E-state index contributed by atoms with van der Waals surface area (Å²) in [4.78, 5) is 10.8. The number of nitrogens with zero attached hydrogens (tertiary/aromatic N) is 1. The number of sulfonamides is 1. The van der Waals surface area contributed by atoms with E-state index in [0.29, 0.717) is 0 Å². The average molecular weight is 222 g/mol. The summed E-state index contributed by atoms with van der Waals surface area (Å²) >= 11 is 0. The highest BCUT2D eigenvalue weighted by atomic mass is 32.2. The summed E-state index contributed by atoms with van der Waals surface area (Å²) < 4.78 is 23.4. The van der Waals surface area contributed by atoms with Gasteiger partial charge in [0.05, 0.1) is 6.26 Å². The Morgan fingerprint density at radius 3 is 2.14 bits per heavy atom. The van der Waals surface area contributed by atoms with Gasteiger partial charge in [0.25, 0.3) is 0 Å². The second kappa shape index (κ2) is 3.48. The van der Waals surface area contributed by atoms with Crippen LogP contribution in [0.1, 0.15) is 12.8 Å². The number of aliphatic hydroxyl groups is 1. The number of amides is 1. The minimum atomic E-state index is -3.23. The molecule has 0 aromatic rings. The molecule has 1 rings (SSSR count). The lowest BCUT2D eigenvalue weighted by atomic mass is 9.92. The van der Waals surface area contributed by atoms with Gasteiger partial charge in [-0.15, -0.1) is 0 Å². The zero-order chi connectivity index (χ0) is 11.0. The van der Waals surface area contributed by atoms with Crippen LogP contribution >= 0.6 is 0 Å². The van der Waals surface area contributed by atoms with Gasteiger partial charge < -0.3 is 10.8 Å². The standard InChI is InChI=1S/C7H14N2O4S/c1-14(12,13)9-4-2-7(11,3-5-9)6(8)10/h11H,2-5H2,1H3,(H2,8,10). The van der Waals surface area contributed by atoms with Crippen molar-refractivity contribution in [2.24, 2.45) is 5.73 Å². The first-order valence-corrected chi connectivity index (χ1v) is 6.08. The highest BCUT2D eigenvalue weighted by molar-refractivity contribution is 7.88. The molecule has 0 unspecified atom stereocenters. The van der Waals surface area contributed by atoms with Gasteiger partial charge >= 0.3 is 0 Å². The van der Waals surface area contributed by atoms with E-state index in [1.807, 2.05) is 0 Å². The second-order valence-corrected chi connectivity index (χ2v) is 5.54. The SMILES string of the molecule is CS(=O)(=O)N1CCC(O)(C(N)=O)CC1. The Morgan fingerprint density at radius 2 is 1.86 bits per heavy atom. The molecule has 0 aliphatic carbocycles. The first-order chi connectivity index (χ1) is 6.26. The van der Waals surface area contributed by atoms with Crippen molar-refractivity contribution in [1.29, 1.82) is 0 Å². The number of nitrogens with two attached hydrogens (primary N) is 1. The smallest absolute Gasteiger partial charge is 0.249 e. The Labute approximate surface area is 82.7 Å². The second-order valence-electron chi connectivity index (χ2n) is 3.56. The molecule has 1 amide bonds. The Bertz CT molecular complexity index is 330. The summed E-state index contributed by atoms with van der Waals surface area (Å²) in [7, 11) is -3.23. The van der Waals surface area contributed by atoms with Gasteiger partial charge in [-0.05, 0) is 12.8 Å². The number of primary amides is 1. The van der Waals surface area contributed by atoms with Crippen LogP contribution in [-0.2, 0) is 14.8 Å². The predicted molar refractivity (Wildman–Crippen MR) is 49.8 cm³/mol. The van der Waals surface area contributed by atoms with E-state index in [-0.39, 0.29) is 25.9 Å². The number of piperidine rings is 1. The van der Waals surface area contributed by atoms with Crippen LogP contribution in [-0.4, -0.2) is 48.7 Å². The van der Waals surface area contributed by atoms with Crippen LogP contribution in [0.5, 0.6) is 0 Å². The van der Waals surface area contributed by atoms with E-state index in [1.165, 1.54) is 4.31 Å². The fourth-order valence-electron chi connectivity index (χ4n) is 1.43. The third kappa shape index (κ3) is 2.23. The Hall–Kier alpha value is -0.660. The van der Waals surface area contributed by atoms with Crippen LogP contribution in [0.2, 0.25) is 0 Å². The van der Waals surface area contributed by atoms with Crippen LogP contribution in [0.4, 0.5) is 0 Å². The van der Waals surface area contributed by atoms with Crippen molar-refractivity contribution in [2.75, 3.05) is 19.3 Å². The van der Waals surface area contributed by atoms with Crippen molar-refractivity contribution in [2.45, 2.75) is 18.4 Å². The minimum absolute atomic E-state index is 0.0649. The highest BCUT2D eigenvalue weighted by Gasteiger charge is 2.39. The summed E-state index contributed by atoms with van der Waals surface area (Å²) in [5.41, 5.74) is 3.46. The van der Waals surface area contributed by atoms with Gasteiger partial charge in [-0.2, -0.15) is 0 Å². The zero-order valence-corrected chi connectivity index (χ0v) is 8.75. The molecule has 0 radical (unpaired) electrons. The molecule has 0 bridgehead atoms. The molecule has 0 atom stereocenters. The van der Waals surface area contributed by atoms with E-state index in [2.05, 4.69) is 0 Å². The number of hydrogen-bond acceptors (Lipinski definition) is 4. The molecule has 82 valence electrons. The lowest BCUT2D eigenvalue weighted by Crippen LogP contribution is -2.53. The van der Waals surface area contributed by atoms with Gasteiger partial charge in [-0.1, -0.05) is 0 Å². The lowest BCUT2D eigenvalue weighted by Gasteiger charge is -2.34. The Kier molecular flexibility index (Phi) is 2.84. The highest BCUT2D eigenvalue weighted by Crippen LogP contribution is 2.22. The molecule has 14 heavy (non-hydrogen) atoms. The molecule has 7 heteroatoms. The molecule has 1 aliphatic rings. The first-order valence-electron chi connectivity index (χ1n) is 4.23. The van der Waals surface area contributed by atoms with Gasteiger partial charge in [0.2, 0.25) is 15.9 Å². The Morgan fingerprint density at radius 1 is 1.43 bits per heavy atom. The van der Waals surface area contributed by atoms with Crippen LogP contribution < -0.4 is 5.73 Å². The molecule has 0 saturated carbocycles. The maximum absolute atomic E-state index is 11.1. The lowest BCUT2D eigenvalue weighted by molar-refractivity contribution is -0.139. The van der Waals surface area contributed by atoms with Crippen molar-refractivity contribution in [3.05, 3.63) is 0 Å². The quantitative estimate of drug-likeness (QED) is 0.579. The molecule has 0 spiro atoms. The monoisotopic (exact) mass is 222 g/mol. The van der Waals surface area contributed by atoms with E-state index in [4.69, 9.17) is 5.73 Å². The number of rotatable bonds is 2. The molecule has 0 aromatic heterocycles. The van der Waals surface area contributed by atoms with E-state index >= 15 is 0 Å². The minimum Gasteiger partial charge on any atom is -0.380 e. The van der Waals surface area contributed by atoms with Crippen molar-refractivity contribution < 1.29 is 18.3 Å². The summed E-state index contributed by atoms with van der Waals surface area (Å²) in [6.07, 6.45) is 1.23. The molecular formula is C7H14N2O4S. The maximum Gasteiger partial charge on any atom is 0.249 e. The molecule has 1 fully saturated rings.